The van der Waals surface area contributed by atoms with Gasteiger partial charge in [-0.15, -0.1) is 0 Å². The number of hydrogen-bond donors (Lipinski definition) is 0. The molecule has 0 N–H and O–H groups in total. The standard InChI is InChI=1S/C4H10.H3O4P.V/c1-3-4-2;1-5(2,3)4;/h3-4H2,1-2H3;(H3,1,2,3,4);/q;;+2/p-3. The van der Waals surface area contributed by atoms with Crippen molar-refractivity contribution in [1.29, 1.82) is 0 Å². The molecule has 0 saturated heterocycles. The molecule has 0 saturated carbocycles. The second-order valence-electron chi connectivity index (χ2n) is 1.45. The normalized spacial score (nSPS) is 8.90. The van der Waals surface area contributed by atoms with Crippen LogP contribution in [-0.2, 0) is 23.1 Å². The van der Waals surface area contributed by atoms with Crippen molar-refractivity contribution in [3.8, 4) is 0 Å². The van der Waals surface area contributed by atoms with Gasteiger partial charge < -0.3 is 19.2 Å². The van der Waals surface area contributed by atoms with Crippen molar-refractivity contribution in [3.63, 3.8) is 0 Å². The molecular formula is C4H10O4PV-. The third-order valence-corrected chi connectivity index (χ3v) is 0.500. The molecule has 61 valence electrons. The van der Waals surface area contributed by atoms with Crippen molar-refractivity contribution in [2.24, 2.45) is 0 Å². The van der Waals surface area contributed by atoms with E-state index in [-0.39, 0.29) is 18.6 Å². The summed E-state index contributed by atoms with van der Waals surface area (Å²) >= 11 is 0. The molecule has 0 amide bonds. The first kappa shape index (κ1) is 17.0. The Hall–Kier alpha value is 0.694. The maximum atomic E-state index is 8.55. The molecule has 0 fully saturated rings. The van der Waals surface area contributed by atoms with Gasteiger partial charge in [0, 0.05) is 0 Å². The van der Waals surface area contributed by atoms with Crippen LogP contribution in [0.25, 0.3) is 0 Å². The second kappa shape index (κ2) is 9.69. The van der Waals surface area contributed by atoms with Crippen LogP contribution in [0.15, 0.2) is 0 Å². The van der Waals surface area contributed by atoms with E-state index in [4.69, 9.17) is 19.2 Å². The third-order valence-electron chi connectivity index (χ3n) is 0.500. The first-order valence-corrected chi connectivity index (χ1v) is 4.11. The van der Waals surface area contributed by atoms with Gasteiger partial charge in [0.25, 0.3) is 0 Å². The molecule has 0 spiro atoms. The van der Waals surface area contributed by atoms with E-state index in [2.05, 4.69) is 13.8 Å². The Bertz CT molecular complexity index is 81.0. The van der Waals surface area contributed by atoms with Gasteiger partial charge in [-0.3, -0.25) is 0 Å². The summed E-state index contributed by atoms with van der Waals surface area (Å²) in [7, 11) is -5.39. The third kappa shape index (κ3) is 179. The second-order valence-corrected chi connectivity index (χ2v) is 2.34. The van der Waals surface area contributed by atoms with E-state index in [0.29, 0.717) is 0 Å². The number of unbranched alkanes of at least 4 members (excludes halogenated alkanes) is 1. The van der Waals surface area contributed by atoms with Gasteiger partial charge in [0.1, 0.15) is 0 Å². The Morgan fingerprint density at radius 3 is 1.20 bits per heavy atom. The van der Waals surface area contributed by atoms with Crippen LogP contribution in [0.3, 0.4) is 0 Å². The van der Waals surface area contributed by atoms with Crippen molar-refractivity contribution in [1.82, 2.24) is 0 Å². The number of phosphoric acid groups is 1. The molecule has 4 nitrogen and oxygen atoms in total. The molecule has 0 aliphatic carbocycles. The van der Waals surface area contributed by atoms with Gasteiger partial charge in [-0.1, -0.05) is 26.7 Å². The van der Waals surface area contributed by atoms with Crippen LogP contribution < -0.4 is 14.7 Å². The fourth-order valence-corrected chi connectivity index (χ4v) is 0. The van der Waals surface area contributed by atoms with E-state index in [1.807, 2.05) is 0 Å². The summed E-state index contributed by atoms with van der Waals surface area (Å²) in [5.41, 5.74) is 0. The fourth-order valence-electron chi connectivity index (χ4n) is 0. The zero-order valence-corrected chi connectivity index (χ0v) is 8.23. The number of hydrogen-bond acceptors (Lipinski definition) is 4. The molecule has 10 heavy (non-hydrogen) atoms. The Balaban J connectivity index is -0.0000000910. The predicted molar refractivity (Wildman–Crippen MR) is 28.2 cm³/mol. The van der Waals surface area contributed by atoms with Crippen LogP contribution in [0.4, 0.5) is 0 Å². The summed E-state index contributed by atoms with van der Waals surface area (Å²) in [6, 6.07) is 0. The zero-order chi connectivity index (χ0) is 7.91. The molecule has 0 aromatic rings. The molecule has 0 aliphatic heterocycles. The minimum atomic E-state index is -5.39. The maximum Gasteiger partial charge on any atom is 2.00 e. The summed E-state index contributed by atoms with van der Waals surface area (Å²) in [5, 5.41) is 0. The van der Waals surface area contributed by atoms with E-state index in [1.165, 1.54) is 12.8 Å². The topological polar surface area (TPSA) is 86.2 Å². The van der Waals surface area contributed by atoms with Crippen molar-refractivity contribution >= 4 is 7.82 Å². The molecule has 1 radical (unpaired) electrons. The minimum Gasteiger partial charge on any atom is -0.822 e. The first-order chi connectivity index (χ1) is 3.91. The quantitative estimate of drug-likeness (QED) is 0.511. The van der Waals surface area contributed by atoms with Gasteiger partial charge in [-0.2, -0.15) is 7.82 Å². The molecule has 0 unspecified atom stereocenters. The molecule has 0 bridgehead atoms. The molecule has 0 aromatic heterocycles. The minimum absolute atomic E-state index is 0. The van der Waals surface area contributed by atoms with Gasteiger partial charge >= 0.3 is 18.6 Å². The Morgan fingerprint density at radius 1 is 1.10 bits per heavy atom. The zero-order valence-electron chi connectivity index (χ0n) is 5.94. The molecule has 0 aliphatic rings. The largest absolute Gasteiger partial charge is 2.00 e. The Morgan fingerprint density at radius 2 is 1.20 bits per heavy atom. The maximum absolute atomic E-state index is 8.55. The van der Waals surface area contributed by atoms with E-state index in [0.717, 1.165) is 0 Å². The molecule has 6 heteroatoms. The van der Waals surface area contributed by atoms with Crippen LogP contribution in [0.1, 0.15) is 26.7 Å². The molecule has 0 rings (SSSR count). The van der Waals surface area contributed by atoms with Crippen LogP contribution in [0, 0.1) is 0 Å². The average molecular weight is 204 g/mol. The smallest absolute Gasteiger partial charge is 0.822 e. The summed E-state index contributed by atoms with van der Waals surface area (Å²) in [5.74, 6) is 0. The molecule has 0 heterocycles. The predicted octanol–water partition coefficient (Wildman–Crippen LogP) is -1.02. The first-order valence-electron chi connectivity index (χ1n) is 2.64. The van der Waals surface area contributed by atoms with E-state index in [1.54, 1.807) is 0 Å². The van der Waals surface area contributed by atoms with Gasteiger partial charge in [-0.25, -0.2) is 0 Å². The summed E-state index contributed by atoms with van der Waals surface area (Å²) in [6.07, 6.45) is 2.64. The van der Waals surface area contributed by atoms with Crippen LogP contribution >= 0.6 is 7.82 Å². The van der Waals surface area contributed by atoms with Crippen molar-refractivity contribution < 1.29 is 37.8 Å². The Kier molecular flexibility index (Phi) is 16.5. The molecular weight excluding hydrogens is 194 g/mol. The van der Waals surface area contributed by atoms with Gasteiger partial charge in [0.15, 0.2) is 0 Å². The van der Waals surface area contributed by atoms with Crippen molar-refractivity contribution in [3.05, 3.63) is 0 Å². The average Bonchev–Trinajstić information content (AvgIpc) is 1.61. The molecule has 0 aromatic carbocycles. The Labute approximate surface area is 72.8 Å². The van der Waals surface area contributed by atoms with Crippen LogP contribution in [-0.4, -0.2) is 0 Å². The van der Waals surface area contributed by atoms with Gasteiger partial charge in [-0.05, 0) is 0 Å². The van der Waals surface area contributed by atoms with Crippen LogP contribution in [0.2, 0.25) is 0 Å². The number of rotatable bonds is 1. The van der Waals surface area contributed by atoms with Crippen molar-refractivity contribution in [2.75, 3.05) is 0 Å². The fraction of sp³-hybridized carbons (Fsp3) is 1.00. The molecule has 0 atom stereocenters. The summed E-state index contributed by atoms with van der Waals surface area (Å²) in [6.45, 7) is 4.36. The SMILES string of the molecule is CCCC.O=P([O-])([O-])[O-].[V+2]. The van der Waals surface area contributed by atoms with Gasteiger partial charge in [0.05, 0.1) is 0 Å². The summed E-state index contributed by atoms with van der Waals surface area (Å²) < 4.78 is 8.55. The van der Waals surface area contributed by atoms with Crippen molar-refractivity contribution in [2.45, 2.75) is 26.7 Å². The van der Waals surface area contributed by atoms with E-state index in [9.17, 15) is 0 Å². The van der Waals surface area contributed by atoms with E-state index >= 15 is 0 Å². The van der Waals surface area contributed by atoms with E-state index < -0.39 is 7.82 Å². The van der Waals surface area contributed by atoms with Gasteiger partial charge in [0.2, 0.25) is 0 Å². The summed E-state index contributed by atoms with van der Waals surface area (Å²) in [4.78, 5) is 25.6. The monoisotopic (exact) mass is 204 g/mol. The van der Waals surface area contributed by atoms with Crippen LogP contribution in [0.5, 0.6) is 0 Å².